The Hall–Kier alpha value is -2.50. The maximum absolute atomic E-state index is 4.40. The van der Waals surface area contributed by atoms with E-state index in [0.717, 1.165) is 38.5 Å². The van der Waals surface area contributed by atoms with Crippen LogP contribution >= 0.6 is 0 Å². The molecule has 1 saturated heterocycles. The molecular formula is C23H29N5. The summed E-state index contributed by atoms with van der Waals surface area (Å²) in [6, 6.07) is 17.5. The lowest BCUT2D eigenvalue weighted by atomic mass is 10.0. The Labute approximate surface area is 167 Å². The number of nitrogens with zero attached hydrogens (tertiary/aromatic N) is 5. The van der Waals surface area contributed by atoms with Crippen LogP contribution < -0.4 is 0 Å². The minimum absolute atomic E-state index is 0.619. The molecule has 0 radical (unpaired) electrons. The van der Waals surface area contributed by atoms with Crippen LogP contribution in [0.2, 0.25) is 0 Å². The minimum Gasteiger partial charge on any atom is -0.302 e. The summed E-state index contributed by atoms with van der Waals surface area (Å²) in [5.41, 5.74) is 2.67. The van der Waals surface area contributed by atoms with Gasteiger partial charge in [0.25, 0.3) is 0 Å². The molecule has 0 amide bonds. The molecular weight excluding hydrogens is 346 g/mol. The molecule has 1 aliphatic heterocycles. The zero-order valence-electron chi connectivity index (χ0n) is 16.6. The molecule has 1 fully saturated rings. The Morgan fingerprint density at radius 2 is 1.86 bits per heavy atom. The van der Waals surface area contributed by atoms with Crippen LogP contribution in [0.3, 0.4) is 0 Å². The quantitative estimate of drug-likeness (QED) is 0.634. The summed E-state index contributed by atoms with van der Waals surface area (Å²) < 4.78 is 2.10. The van der Waals surface area contributed by atoms with E-state index in [4.69, 9.17) is 0 Å². The van der Waals surface area contributed by atoms with Crippen molar-refractivity contribution in [3.05, 3.63) is 78.4 Å². The van der Waals surface area contributed by atoms with E-state index in [2.05, 4.69) is 80.0 Å². The van der Waals surface area contributed by atoms with Crippen molar-refractivity contribution in [3.8, 4) is 5.95 Å². The molecule has 3 heterocycles. The van der Waals surface area contributed by atoms with E-state index in [9.17, 15) is 0 Å². The predicted octanol–water partition coefficient (Wildman–Crippen LogP) is 3.41. The molecule has 0 bridgehead atoms. The van der Waals surface area contributed by atoms with Crippen molar-refractivity contribution in [1.29, 1.82) is 0 Å². The topological polar surface area (TPSA) is 37.2 Å². The van der Waals surface area contributed by atoms with Crippen LogP contribution in [0.25, 0.3) is 5.95 Å². The van der Waals surface area contributed by atoms with Crippen LogP contribution in [0.4, 0.5) is 0 Å². The van der Waals surface area contributed by atoms with Crippen molar-refractivity contribution in [3.63, 3.8) is 0 Å². The Morgan fingerprint density at radius 3 is 2.68 bits per heavy atom. The molecule has 0 aliphatic carbocycles. The Balaban J connectivity index is 1.35. The summed E-state index contributed by atoms with van der Waals surface area (Å²) >= 11 is 0. The van der Waals surface area contributed by atoms with E-state index < -0.39 is 0 Å². The zero-order chi connectivity index (χ0) is 19.2. The van der Waals surface area contributed by atoms with Crippen molar-refractivity contribution in [2.75, 3.05) is 26.7 Å². The first-order chi connectivity index (χ1) is 13.8. The third-order valence-electron chi connectivity index (χ3n) is 5.69. The van der Waals surface area contributed by atoms with Gasteiger partial charge in [-0.05, 0) is 56.6 Å². The number of piperidine rings is 1. The molecule has 3 aromatic rings. The molecule has 0 N–H and O–H groups in total. The molecule has 4 rings (SSSR count). The highest BCUT2D eigenvalue weighted by molar-refractivity contribution is 5.20. The van der Waals surface area contributed by atoms with Gasteiger partial charge in [-0.3, -0.25) is 9.47 Å². The molecule has 2 aromatic heterocycles. The van der Waals surface area contributed by atoms with Crippen molar-refractivity contribution in [1.82, 2.24) is 24.3 Å². The second-order valence-corrected chi connectivity index (χ2v) is 7.67. The fourth-order valence-electron chi connectivity index (χ4n) is 4.05. The second-order valence-electron chi connectivity index (χ2n) is 7.67. The highest BCUT2D eigenvalue weighted by Crippen LogP contribution is 2.19. The van der Waals surface area contributed by atoms with E-state index in [1.54, 1.807) is 12.4 Å². The van der Waals surface area contributed by atoms with Crippen molar-refractivity contribution < 1.29 is 0 Å². The largest absolute Gasteiger partial charge is 0.302 e. The van der Waals surface area contributed by atoms with E-state index in [1.165, 1.54) is 24.1 Å². The molecule has 0 saturated carbocycles. The van der Waals surface area contributed by atoms with Crippen LogP contribution in [0, 0.1) is 0 Å². The maximum Gasteiger partial charge on any atom is 0.233 e. The summed E-state index contributed by atoms with van der Waals surface area (Å²) in [5.74, 6) is 0.746. The first-order valence-electron chi connectivity index (χ1n) is 10.2. The third-order valence-corrected chi connectivity index (χ3v) is 5.69. The van der Waals surface area contributed by atoms with Gasteiger partial charge in [-0.1, -0.05) is 30.3 Å². The fraction of sp³-hybridized carbons (Fsp3) is 0.391. The highest BCUT2D eigenvalue weighted by atomic mass is 15.2. The van der Waals surface area contributed by atoms with Gasteiger partial charge in [-0.25, -0.2) is 9.97 Å². The second kappa shape index (κ2) is 9.13. The number of hydrogen-bond donors (Lipinski definition) is 0. The minimum atomic E-state index is 0.619. The fourth-order valence-corrected chi connectivity index (χ4v) is 4.05. The highest BCUT2D eigenvalue weighted by Gasteiger charge is 2.23. The average Bonchev–Trinajstić information content (AvgIpc) is 3.21. The number of aromatic nitrogens is 3. The first-order valence-corrected chi connectivity index (χ1v) is 10.2. The van der Waals surface area contributed by atoms with Gasteiger partial charge in [0, 0.05) is 50.0 Å². The summed E-state index contributed by atoms with van der Waals surface area (Å²) in [6.45, 7) is 4.32. The van der Waals surface area contributed by atoms with Crippen molar-refractivity contribution >= 4 is 0 Å². The first kappa shape index (κ1) is 18.8. The van der Waals surface area contributed by atoms with Crippen LogP contribution in [-0.2, 0) is 13.0 Å². The average molecular weight is 376 g/mol. The van der Waals surface area contributed by atoms with Crippen molar-refractivity contribution in [2.24, 2.45) is 0 Å². The monoisotopic (exact) mass is 375 g/mol. The SMILES string of the molecule is CN(CCc1ccccc1)[C@@H]1CCCN(Cc2cccn2-c2ncccn2)C1. The number of rotatable bonds is 7. The number of likely N-dealkylation sites (N-methyl/N-ethyl adjacent to an activating group) is 1. The lowest BCUT2D eigenvalue weighted by Gasteiger charge is -2.37. The van der Waals surface area contributed by atoms with Crippen LogP contribution in [0.1, 0.15) is 24.1 Å². The van der Waals surface area contributed by atoms with Gasteiger partial charge >= 0.3 is 0 Å². The molecule has 5 nitrogen and oxygen atoms in total. The summed E-state index contributed by atoms with van der Waals surface area (Å²) in [7, 11) is 2.28. The van der Waals surface area contributed by atoms with Gasteiger partial charge in [0.05, 0.1) is 0 Å². The maximum atomic E-state index is 4.40. The molecule has 1 aliphatic rings. The van der Waals surface area contributed by atoms with Crippen molar-refractivity contribution in [2.45, 2.75) is 31.8 Å². The third kappa shape index (κ3) is 4.66. The van der Waals surface area contributed by atoms with Gasteiger partial charge in [-0.2, -0.15) is 0 Å². The Morgan fingerprint density at radius 1 is 1.04 bits per heavy atom. The number of likely N-dealkylation sites (tertiary alicyclic amines) is 1. The van der Waals surface area contributed by atoms with Gasteiger partial charge in [0.1, 0.15) is 0 Å². The number of hydrogen-bond acceptors (Lipinski definition) is 4. The van der Waals surface area contributed by atoms with Gasteiger partial charge in [0.2, 0.25) is 5.95 Å². The Bertz CT molecular complexity index is 846. The van der Waals surface area contributed by atoms with E-state index in [1.807, 2.05) is 6.07 Å². The van der Waals surface area contributed by atoms with Crippen LogP contribution in [-0.4, -0.2) is 57.1 Å². The Kier molecular flexibility index (Phi) is 6.14. The van der Waals surface area contributed by atoms with E-state index >= 15 is 0 Å². The van der Waals surface area contributed by atoms with E-state index in [-0.39, 0.29) is 0 Å². The van der Waals surface area contributed by atoms with Gasteiger partial charge in [-0.15, -0.1) is 0 Å². The molecule has 5 heteroatoms. The van der Waals surface area contributed by atoms with Gasteiger partial charge in [0.15, 0.2) is 0 Å². The summed E-state index contributed by atoms with van der Waals surface area (Å²) in [6.07, 6.45) is 9.29. The lowest BCUT2D eigenvalue weighted by molar-refractivity contribution is 0.111. The zero-order valence-corrected chi connectivity index (χ0v) is 16.6. The summed E-state index contributed by atoms with van der Waals surface area (Å²) in [5, 5.41) is 0. The molecule has 146 valence electrons. The van der Waals surface area contributed by atoms with Crippen LogP contribution in [0.5, 0.6) is 0 Å². The lowest BCUT2D eigenvalue weighted by Crippen LogP contribution is -2.46. The molecule has 0 unspecified atom stereocenters. The predicted molar refractivity (Wildman–Crippen MR) is 112 cm³/mol. The molecule has 1 atom stereocenters. The number of benzene rings is 1. The normalized spacial score (nSPS) is 17.9. The molecule has 0 spiro atoms. The smallest absolute Gasteiger partial charge is 0.233 e. The standard InChI is InChI=1S/C23H29N5/c1-26(17-12-20-8-3-2-4-9-20)21-10-5-15-27(18-21)19-22-11-6-16-28(22)23-24-13-7-14-25-23/h2-4,6-9,11,13-14,16,21H,5,10,12,15,17-19H2,1H3/t21-/m1/s1. The summed E-state index contributed by atoms with van der Waals surface area (Å²) in [4.78, 5) is 13.9. The molecule has 28 heavy (non-hydrogen) atoms. The van der Waals surface area contributed by atoms with E-state index in [0.29, 0.717) is 6.04 Å². The van der Waals surface area contributed by atoms with Crippen LogP contribution in [0.15, 0.2) is 67.1 Å². The molecule has 1 aromatic carbocycles. The van der Waals surface area contributed by atoms with Gasteiger partial charge < -0.3 is 4.90 Å².